The Bertz CT molecular complexity index is 357. The molecule has 0 aliphatic rings. The quantitative estimate of drug-likeness (QED) is 0.820. The zero-order valence-electron chi connectivity index (χ0n) is 10.7. The van der Waals surface area contributed by atoms with Gasteiger partial charge in [-0.3, -0.25) is 4.79 Å². The first-order chi connectivity index (χ1) is 8.04. The van der Waals surface area contributed by atoms with Crippen molar-refractivity contribution < 1.29 is 9.90 Å². The maximum atomic E-state index is 11.7. The second-order valence-corrected chi connectivity index (χ2v) is 4.57. The van der Waals surface area contributed by atoms with Crippen LogP contribution >= 0.6 is 0 Å². The smallest absolute Gasteiger partial charge is 0.251 e. The molecule has 0 aliphatic heterocycles. The fraction of sp³-hybridized carbons (Fsp3) is 0.500. The number of benzene rings is 1. The molecule has 1 aromatic rings. The summed E-state index contributed by atoms with van der Waals surface area (Å²) in [6.07, 6.45) is 0.474. The van der Waals surface area contributed by atoms with Crippen molar-refractivity contribution in [3.05, 3.63) is 35.4 Å². The molecule has 0 spiro atoms. The molecule has 2 N–H and O–H groups in total. The molecule has 3 heteroatoms. The topological polar surface area (TPSA) is 49.3 Å². The molecule has 0 heterocycles. The molecular weight excluding hydrogens is 214 g/mol. The van der Waals surface area contributed by atoms with E-state index < -0.39 is 6.10 Å². The number of amides is 1. The van der Waals surface area contributed by atoms with Gasteiger partial charge in [0.1, 0.15) is 0 Å². The van der Waals surface area contributed by atoms with Crippen LogP contribution in [0.25, 0.3) is 0 Å². The summed E-state index contributed by atoms with van der Waals surface area (Å²) in [5.74, 6) is 0.0186. The molecule has 1 rings (SSSR count). The first-order valence-corrected chi connectivity index (χ1v) is 6.09. The van der Waals surface area contributed by atoms with Crippen molar-refractivity contribution in [3.63, 3.8) is 0 Å². The van der Waals surface area contributed by atoms with Crippen LogP contribution in [0.5, 0.6) is 0 Å². The number of hydrogen-bond donors (Lipinski definition) is 2. The van der Waals surface area contributed by atoms with Crippen molar-refractivity contribution in [1.29, 1.82) is 0 Å². The van der Waals surface area contributed by atoms with Crippen LogP contribution in [-0.2, 0) is 6.42 Å². The number of nitrogens with one attached hydrogen (secondary N) is 1. The first-order valence-electron chi connectivity index (χ1n) is 6.09. The first kappa shape index (κ1) is 13.7. The second kappa shape index (κ2) is 6.40. The standard InChI is InChI=1S/C14H21NO2/c1-4-11-5-7-12(8-6-11)14(17)15-9-13(16)10(2)3/h5-8,10,13,16H,4,9H2,1-3H3,(H,15,17). The van der Waals surface area contributed by atoms with Gasteiger partial charge < -0.3 is 10.4 Å². The summed E-state index contributed by atoms with van der Waals surface area (Å²) in [6.45, 7) is 6.22. The van der Waals surface area contributed by atoms with Crippen LogP contribution in [0.15, 0.2) is 24.3 Å². The van der Waals surface area contributed by atoms with Gasteiger partial charge in [-0.1, -0.05) is 32.9 Å². The summed E-state index contributed by atoms with van der Waals surface area (Å²) in [6, 6.07) is 7.54. The molecule has 1 aromatic carbocycles. The normalized spacial score (nSPS) is 12.5. The van der Waals surface area contributed by atoms with Crippen LogP contribution in [0.4, 0.5) is 0 Å². The molecule has 0 radical (unpaired) electrons. The van der Waals surface area contributed by atoms with Crippen molar-refractivity contribution in [2.24, 2.45) is 5.92 Å². The van der Waals surface area contributed by atoms with Crippen LogP contribution in [0, 0.1) is 5.92 Å². The molecule has 0 saturated heterocycles. The number of aliphatic hydroxyl groups is 1. The lowest BCUT2D eigenvalue weighted by Crippen LogP contribution is -2.34. The zero-order chi connectivity index (χ0) is 12.8. The van der Waals surface area contributed by atoms with E-state index >= 15 is 0 Å². The van der Waals surface area contributed by atoms with E-state index in [4.69, 9.17) is 0 Å². The molecule has 0 aliphatic carbocycles. The summed E-state index contributed by atoms with van der Waals surface area (Å²) in [5, 5.41) is 12.3. The molecule has 94 valence electrons. The molecular formula is C14H21NO2. The summed E-state index contributed by atoms with van der Waals surface area (Å²) >= 11 is 0. The molecule has 17 heavy (non-hydrogen) atoms. The Morgan fingerprint density at radius 3 is 2.35 bits per heavy atom. The van der Waals surface area contributed by atoms with E-state index in [0.29, 0.717) is 12.1 Å². The highest BCUT2D eigenvalue weighted by atomic mass is 16.3. The summed E-state index contributed by atoms with van der Waals surface area (Å²) in [4.78, 5) is 11.7. The van der Waals surface area contributed by atoms with Crippen LogP contribution in [0.2, 0.25) is 0 Å². The van der Waals surface area contributed by atoms with E-state index in [1.807, 2.05) is 38.1 Å². The molecule has 1 unspecified atom stereocenters. The number of aliphatic hydroxyl groups excluding tert-OH is 1. The van der Waals surface area contributed by atoms with Crippen LogP contribution < -0.4 is 5.32 Å². The van der Waals surface area contributed by atoms with Gasteiger partial charge in [0.2, 0.25) is 0 Å². The van der Waals surface area contributed by atoms with Crippen molar-refractivity contribution in [2.45, 2.75) is 33.3 Å². The summed E-state index contributed by atoms with van der Waals surface area (Å²) < 4.78 is 0. The van der Waals surface area contributed by atoms with E-state index in [1.165, 1.54) is 5.56 Å². The highest BCUT2D eigenvalue weighted by Crippen LogP contribution is 2.05. The van der Waals surface area contributed by atoms with Gasteiger partial charge in [-0.2, -0.15) is 0 Å². The van der Waals surface area contributed by atoms with Crippen LogP contribution in [0.3, 0.4) is 0 Å². The Balaban J connectivity index is 2.52. The molecule has 1 atom stereocenters. The van der Waals surface area contributed by atoms with Crippen molar-refractivity contribution in [1.82, 2.24) is 5.32 Å². The van der Waals surface area contributed by atoms with E-state index in [0.717, 1.165) is 6.42 Å². The predicted molar refractivity (Wildman–Crippen MR) is 69.0 cm³/mol. The van der Waals surface area contributed by atoms with E-state index in [2.05, 4.69) is 12.2 Å². The fourth-order valence-corrected chi connectivity index (χ4v) is 1.43. The SMILES string of the molecule is CCc1ccc(C(=O)NCC(O)C(C)C)cc1. The van der Waals surface area contributed by atoms with Gasteiger partial charge in [-0.05, 0) is 30.0 Å². The van der Waals surface area contributed by atoms with Gasteiger partial charge in [0, 0.05) is 12.1 Å². The largest absolute Gasteiger partial charge is 0.391 e. The number of carbonyl (C=O) groups is 1. The zero-order valence-corrected chi connectivity index (χ0v) is 10.7. The molecule has 0 aromatic heterocycles. The summed E-state index contributed by atoms with van der Waals surface area (Å²) in [5.41, 5.74) is 1.85. The Morgan fingerprint density at radius 2 is 1.88 bits per heavy atom. The predicted octanol–water partition coefficient (Wildman–Crippen LogP) is 2.00. The number of aryl methyl sites for hydroxylation is 1. The van der Waals surface area contributed by atoms with E-state index in [-0.39, 0.29) is 11.8 Å². The van der Waals surface area contributed by atoms with Gasteiger partial charge >= 0.3 is 0 Å². The average Bonchev–Trinajstić information content (AvgIpc) is 2.35. The molecule has 0 bridgehead atoms. The average molecular weight is 235 g/mol. The van der Waals surface area contributed by atoms with Crippen molar-refractivity contribution >= 4 is 5.91 Å². The molecule has 0 fully saturated rings. The Kier molecular flexibility index (Phi) is 5.16. The lowest BCUT2D eigenvalue weighted by molar-refractivity contribution is 0.0871. The molecule has 0 saturated carbocycles. The van der Waals surface area contributed by atoms with Gasteiger partial charge in [-0.25, -0.2) is 0 Å². The van der Waals surface area contributed by atoms with Gasteiger partial charge in [0.25, 0.3) is 5.91 Å². The lowest BCUT2D eigenvalue weighted by Gasteiger charge is -2.15. The van der Waals surface area contributed by atoms with Crippen molar-refractivity contribution in [2.75, 3.05) is 6.54 Å². The van der Waals surface area contributed by atoms with Crippen molar-refractivity contribution in [3.8, 4) is 0 Å². The third kappa shape index (κ3) is 4.19. The fourth-order valence-electron chi connectivity index (χ4n) is 1.43. The van der Waals surface area contributed by atoms with Crippen LogP contribution in [-0.4, -0.2) is 23.7 Å². The monoisotopic (exact) mass is 235 g/mol. The van der Waals surface area contributed by atoms with Gasteiger partial charge in [-0.15, -0.1) is 0 Å². The van der Waals surface area contributed by atoms with E-state index in [1.54, 1.807) is 0 Å². The molecule has 1 amide bonds. The number of rotatable bonds is 5. The third-order valence-electron chi connectivity index (χ3n) is 2.87. The number of hydrogen-bond acceptors (Lipinski definition) is 2. The highest BCUT2D eigenvalue weighted by molar-refractivity contribution is 5.94. The minimum atomic E-state index is -0.492. The minimum absolute atomic E-state index is 0.132. The second-order valence-electron chi connectivity index (χ2n) is 4.57. The Morgan fingerprint density at radius 1 is 1.29 bits per heavy atom. The van der Waals surface area contributed by atoms with Gasteiger partial charge in [0.05, 0.1) is 6.10 Å². The highest BCUT2D eigenvalue weighted by Gasteiger charge is 2.11. The van der Waals surface area contributed by atoms with E-state index in [9.17, 15) is 9.90 Å². The maximum Gasteiger partial charge on any atom is 0.251 e. The maximum absolute atomic E-state index is 11.7. The summed E-state index contributed by atoms with van der Waals surface area (Å²) in [7, 11) is 0. The minimum Gasteiger partial charge on any atom is -0.391 e. The number of carbonyl (C=O) groups excluding carboxylic acids is 1. The third-order valence-corrected chi connectivity index (χ3v) is 2.87. The Labute approximate surface area is 103 Å². The lowest BCUT2D eigenvalue weighted by atomic mass is 10.1. The Hall–Kier alpha value is -1.35. The van der Waals surface area contributed by atoms with Gasteiger partial charge in [0.15, 0.2) is 0 Å². The molecule has 3 nitrogen and oxygen atoms in total. The van der Waals surface area contributed by atoms with Crippen LogP contribution in [0.1, 0.15) is 36.7 Å².